The van der Waals surface area contributed by atoms with E-state index in [4.69, 9.17) is 14.5 Å². The first-order valence-corrected chi connectivity index (χ1v) is 8.52. The van der Waals surface area contributed by atoms with Gasteiger partial charge in [-0.3, -0.25) is 4.79 Å². The van der Waals surface area contributed by atoms with E-state index >= 15 is 0 Å². The summed E-state index contributed by atoms with van der Waals surface area (Å²) >= 11 is 0. The third kappa shape index (κ3) is 2.97. The number of fused-ring (bicyclic) bond motifs is 1. The molecule has 0 saturated heterocycles. The Morgan fingerprint density at radius 1 is 1.24 bits per heavy atom. The monoisotopic (exact) mass is 343 g/mol. The van der Waals surface area contributed by atoms with Crippen LogP contribution in [0.5, 0.6) is 11.5 Å². The third-order valence-electron chi connectivity index (χ3n) is 4.73. The molecule has 3 rings (SSSR count). The highest BCUT2D eigenvalue weighted by Crippen LogP contribution is 2.32. The number of methoxy groups -OCH3 is 2. The second-order valence-electron chi connectivity index (χ2n) is 6.59. The van der Waals surface area contributed by atoms with E-state index in [9.17, 15) is 4.79 Å². The maximum Gasteiger partial charge on any atom is 0.258 e. The highest BCUT2D eigenvalue weighted by molar-refractivity contribution is 5.98. The minimum absolute atomic E-state index is 0.0573. The van der Waals surface area contributed by atoms with Crippen molar-refractivity contribution in [1.29, 1.82) is 0 Å². The number of carbonyl (C=O) groups is 1. The number of para-hydroxylation sites is 1. The molecule has 0 spiro atoms. The van der Waals surface area contributed by atoms with E-state index < -0.39 is 0 Å². The normalized spacial score (nSPS) is 13.8. The standard InChI is InChI=1S/C19H25N3O3/c1-12(2)18-20-14-11-22(10-9-15(14)21(18)3)19(23)13-7-6-8-16(24-4)17(13)25-5/h6-8,12H,9-11H2,1-5H3. The Morgan fingerprint density at radius 3 is 2.64 bits per heavy atom. The van der Waals surface area contributed by atoms with Crippen molar-refractivity contribution in [1.82, 2.24) is 14.5 Å². The zero-order chi connectivity index (χ0) is 18.1. The molecule has 0 atom stereocenters. The summed E-state index contributed by atoms with van der Waals surface area (Å²) in [5, 5.41) is 0. The van der Waals surface area contributed by atoms with Gasteiger partial charge in [-0.1, -0.05) is 19.9 Å². The van der Waals surface area contributed by atoms with Crippen molar-refractivity contribution in [3.8, 4) is 11.5 Å². The maximum absolute atomic E-state index is 13.0. The molecule has 0 fully saturated rings. The van der Waals surface area contributed by atoms with E-state index in [1.54, 1.807) is 26.4 Å². The largest absolute Gasteiger partial charge is 0.493 e. The molecule has 0 bridgehead atoms. The number of benzene rings is 1. The number of nitrogens with zero attached hydrogens (tertiary/aromatic N) is 3. The zero-order valence-electron chi connectivity index (χ0n) is 15.5. The Morgan fingerprint density at radius 2 is 2.00 bits per heavy atom. The van der Waals surface area contributed by atoms with Crippen LogP contribution in [-0.2, 0) is 20.0 Å². The highest BCUT2D eigenvalue weighted by Gasteiger charge is 2.28. The number of hydrogen-bond acceptors (Lipinski definition) is 4. The van der Waals surface area contributed by atoms with Gasteiger partial charge in [-0.15, -0.1) is 0 Å². The molecule has 1 amide bonds. The van der Waals surface area contributed by atoms with Crippen LogP contribution in [-0.4, -0.2) is 41.1 Å². The number of hydrogen-bond donors (Lipinski definition) is 0. The van der Waals surface area contributed by atoms with Crippen molar-refractivity contribution in [2.24, 2.45) is 7.05 Å². The average molecular weight is 343 g/mol. The van der Waals surface area contributed by atoms with Gasteiger partial charge in [0, 0.05) is 31.6 Å². The van der Waals surface area contributed by atoms with Gasteiger partial charge in [0.15, 0.2) is 11.5 Å². The first kappa shape index (κ1) is 17.3. The second kappa shape index (κ2) is 6.78. The van der Waals surface area contributed by atoms with Crippen LogP contribution in [0.4, 0.5) is 0 Å². The molecule has 1 aliphatic rings. The van der Waals surface area contributed by atoms with Crippen LogP contribution >= 0.6 is 0 Å². The summed E-state index contributed by atoms with van der Waals surface area (Å²) in [4.78, 5) is 19.6. The van der Waals surface area contributed by atoms with Crippen LogP contribution in [0, 0.1) is 0 Å². The van der Waals surface area contributed by atoms with E-state index in [2.05, 4.69) is 25.5 Å². The number of imidazole rings is 1. The Hall–Kier alpha value is -2.50. The minimum atomic E-state index is -0.0573. The molecule has 0 saturated carbocycles. The van der Waals surface area contributed by atoms with Crippen LogP contribution in [0.3, 0.4) is 0 Å². The molecule has 2 aromatic rings. The zero-order valence-corrected chi connectivity index (χ0v) is 15.5. The van der Waals surface area contributed by atoms with Crippen LogP contribution < -0.4 is 9.47 Å². The molecule has 1 aliphatic heterocycles. The van der Waals surface area contributed by atoms with Gasteiger partial charge in [0.25, 0.3) is 5.91 Å². The smallest absolute Gasteiger partial charge is 0.258 e. The lowest BCUT2D eigenvalue weighted by Crippen LogP contribution is -2.36. The van der Waals surface area contributed by atoms with Gasteiger partial charge in [-0.25, -0.2) is 4.98 Å². The van der Waals surface area contributed by atoms with Gasteiger partial charge in [-0.2, -0.15) is 0 Å². The van der Waals surface area contributed by atoms with Crippen molar-refractivity contribution in [2.75, 3.05) is 20.8 Å². The molecule has 2 heterocycles. The van der Waals surface area contributed by atoms with Gasteiger partial charge >= 0.3 is 0 Å². The molecule has 1 aromatic heterocycles. The predicted octanol–water partition coefficient (Wildman–Crippen LogP) is 2.76. The van der Waals surface area contributed by atoms with Crippen molar-refractivity contribution >= 4 is 5.91 Å². The van der Waals surface area contributed by atoms with E-state index in [1.165, 1.54) is 5.69 Å². The lowest BCUT2D eigenvalue weighted by Gasteiger charge is -2.27. The van der Waals surface area contributed by atoms with E-state index in [-0.39, 0.29) is 5.91 Å². The Labute approximate surface area is 148 Å². The molecule has 25 heavy (non-hydrogen) atoms. The van der Waals surface area contributed by atoms with Crippen LogP contribution in [0.2, 0.25) is 0 Å². The Bertz CT molecular complexity index is 795. The van der Waals surface area contributed by atoms with Gasteiger partial charge in [-0.05, 0) is 12.1 Å². The highest BCUT2D eigenvalue weighted by atomic mass is 16.5. The molecular weight excluding hydrogens is 318 g/mol. The SMILES string of the molecule is COc1cccc(C(=O)N2CCc3c(nc(C(C)C)n3C)C2)c1OC. The number of rotatable bonds is 4. The van der Waals surface area contributed by atoms with E-state index in [1.807, 2.05) is 11.0 Å². The fourth-order valence-electron chi connectivity index (χ4n) is 3.46. The minimum Gasteiger partial charge on any atom is -0.493 e. The summed E-state index contributed by atoms with van der Waals surface area (Å²) in [5.74, 6) is 2.41. The summed E-state index contributed by atoms with van der Waals surface area (Å²) in [6.45, 7) is 5.47. The molecule has 6 nitrogen and oxygen atoms in total. The van der Waals surface area contributed by atoms with Crippen molar-refractivity contribution in [3.63, 3.8) is 0 Å². The first-order chi connectivity index (χ1) is 12.0. The summed E-state index contributed by atoms with van der Waals surface area (Å²) in [5.41, 5.74) is 2.74. The molecular formula is C19H25N3O3. The molecule has 0 aliphatic carbocycles. The van der Waals surface area contributed by atoms with Crippen molar-refractivity contribution in [2.45, 2.75) is 32.7 Å². The number of aromatic nitrogens is 2. The lowest BCUT2D eigenvalue weighted by molar-refractivity contribution is 0.0727. The number of carbonyl (C=O) groups excluding carboxylic acids is 1. The fraction of sp³-hybridized carbons (Fsp3) is 0.474. The quantitative estimate of drug-likeness (QED) is 0.856. The molecule has 0 unspecified atom stereocenters. The summed E-state index contributed by atoms with van der Waals surface area (Å²) in [6, 6.07) is 5.37. The second-order valence-corrected chi connectivity index (χ2v) is 6.59. The van der Waals surface area contributed by atoms with Crippen LogP contribution in [0.25, 0.3) is 0 Å². The van der Waals surface area contributed by atoms with Gasteiger partial charge < -0.3 is 18.9 Å². The maximum atomic E-state index is 13.0. The van der Waals surface area contributed by atoms with Gasteiger partial charge in [0.05, 0.1) is 32.0 Å². The Kier molecular flexibility index (Phi) is 4.70. The number of amides is 1. The summed E-state index contributed by atoms with van der Waals surface area (Å²) < 4.78 is 12.9. The first-order valence-electron chi connectivity index (χ1n) is 8.52. The molecule has 0 radical (unpaired) electrons. The van der Waals surface area contributed by atoms with E-state index in [0.29, 0.717) is 36.1 Å². The molecule has 6 heteroatoms. The van der Waals surface area contributed by atoms with E-state index in [0.717, 1.165) is 17.9 Å². The Balaban J connectivity index is 1.90. The van der Waals surface area contributed by atoms with Crippen LogP contribution in [0.15, 0.2) is 18.2 Å². The number of ether oxygens (including phenoxy) is 2. The van der Waals surface area contributed by atoms with Gasteiger partial charge in [0.1, 0.15) is 5.82 Å². The van der Waals surface area contributed by atoms with Crippen molar-refractivity contribution < 1.29 is 14.3 Å². The molecule has 134 valence electrons. The third-order valence-corrected chi connectivity index (χ3v) is 4.73. The van der Waals surface area contributed by atoms with Crippen LogP contribution in [0.1, 0.15) is 47.3 Å². The molecule has 0 N–H and O–H groups in total. The predicted molar refractivity (Wildman–Crippen MR) is 95.3 cm³/mol. The average Bonchev–Trinajstić information content (AvgIpc) is 2.96. The summed E-state index contributed by atoms with van der Waals surface area (Å²) in [6.07, 6.45) is 0.809. The molecule has 1 aromatic carbocycles. The van der Waals surface area contributed by atoms with Gasteiger partial charge in [0.2, 0.25) is 0 Å². The lowest BCUT2D eigenvalue weighted by atomic mass is 10.1. The fourth-order valence-corrected chi connectivity index (χ4v) is 3.46. The topological polar surface area (TPSA) is 56.6 Å². The summed E-state index contributed by atoms with van der Waals surface area (Å²) in [7, 11) is 5.18. The van der Waals surface area contributed by atoms with Crippen molar-refractivity contribution in [3.05, 3.63) is 41.0 Å².